The summed E-state index contributed by atoms with van der Waals surface area (Å²) in [6, 6.07) is 11.6. The van der Waals surface area contributed by atoms with Gasteiger partial charge in [-0.2, -0.15) is 0 Å². The van der Waals surface area contributed by atoms with E-state index in [9.17, 15) is 4.79 Å². The number of thioether (sulfide) groups is 1. The van der Waals surface area contributed by atoms with Crippen molar-refractivity contribution in [2.45, 2.75) is 6.92 Å². The Hall–Kier alpha value is -2.00. The molecule has 1 saturated heterocycles. The summed E-state index contributed by atoms with van der Waals surface area (Å²) in [5.74, 6) is 1.15. The number of hydrogen-bond acceptors (Lipinski definition) is 5. The van der Waals surface area contributed by atoms with Crippen LogP contribution < -0.4 is 14.8 Å². The molecule has 7 heteroatoms. The summed E-state index contributed by atoms with van der Waals surface area (Å²) < 4.78 is 11.6. The minimum atomic E-state index is -0.161. The van der Waals surface area contributed by atoms with E-state index in [2.05, 4.69) is 32.9 Å². The number of carbonyl (C=O) groups excluding carboxylic acids is 1. The number of benzene rings is 2. The summed E-state index contributed by atoms with van der Waals surface area (Å²) in [5.41, 5.74) is 2.84. The molecule has 0 atom stereocenters. The molecule has 5 nitrogen and oxygen atoms in total. The van der Waals surface area contributed by atoms with Crippen LogP contribution in [-0.4, -0.2) is 25.3 Å². The van der Waals surface area contributed by atoms with E-state index in [1.807, 2.05) is 49.4 Å². The van der Waals surface area contributed by atoms with Gasteiger partial charge in [-0.25, -0.2) is 4.99 Å². The van der Waals surface area contributed by atoms with E-state index in [1.165, 1.54) is 17.3 Å². The molecule has 1 fully saturated rings. The van der Waals surface area contributed by atoms with E-state index >= 15 is 0 Å². The van der Waals surface area contributed by atoms with Gasteiger partial charge in [0.15, 0.2) is 16.7 Å². The van der Waals surface area contributed by atoms with Gasteiger partial charge in [-0.05, 0) is 77.2 Å². The molecular weight excluding hydrogens is 463 g/mol. The van der Waals surface area contributed by atoms with Crippen LogP contribution in [0.2, 0.25) is 0 Å². The van der Waals surface area contributed by atoms with Gasteiger partial charge in [-0.15, -0.1) is 0 Å². The van der Waals surface area contributed by atoms with Gasteiger partial charge < -0.3 is 14.8 Å². The molecule has 1 amide bonds. The SMILES string of the molecule is COc1cc(C=C2SC(=Nc3ccc(C)cc3)NC2=O)cc(I)c1OC. The van der Waals surface area contributed by atoms with Crippen molar-refractivity contribution in [3.63, 3.8) is 0 Å². The summed E-state index contributed by atoms with van der Waals surface area (Å²) in [4.78, 5) is 17.3. The molecule has 0 spiro atoms. The average molecular weight is 480 g/mol. The zero-order valence-electron chi connectivity index (χ0n) is 14.5. The number of carbonyl (C=O) groups is 1. The normalized spacial score (nSPS) is 16.8. The van der Waals surface area contributed by atoms with Crippen molar-refractivity contribution in [2.75, 3.05) is 14.2 Å². The lowest BCUT2D eigenvalue weighted by Crippen LogP contribution is -2.19. The molecule has 3 rings (SSSR count). The number of amidine groups is 1. The fourth-order valence-electron chi connectivity index (χ4n) is 2.39. The van der Waals surface area contributed by atoms with Crippen molar-refractivity contribution in [1.29, 1.82) is 0 Å². The van der Waals surface area contributed by atoms with Crippen molar-refractivity contribution in [3.8, 4) is 11.5 Å². The Morgan fingerprint density at radius 3 is 2.54 bits per heavy atom. The number of ether oxygens (including phenoxy) is 2. The zero-order chi connectivity index (χ0) is 18.7. The second kappa shape index (κ2) is 8.13. The third kappa shape index (κ3) is 4.21. The molecule has 0 aromatic heterocycles. The summed E-state index contributed by atoms with van der Waals surface area (Å²) in [6.45, 7) is 2.02. The minimum Gasteiger partial charge on any atom is -0.493 e. The number of halogens is 1. The first-order valence-corrected chi connectivity index (χ1v) is 9.67. The third-order valence-electron chi connectivity index (χ3n) is 3.67. The predicted molar refractivity (Wildman–Crippen MR) is 114 cm³/mol. The quantitative estimate of drug-likeness (QED) is 0.517. The molecule has 1 heterocycles. The Morgan fingerprint density at radius 2 is 1.88 bits per heavy atom. The van der Waals surface area contributed by atoms with Gasteiger partial charge in [0.1, 0.15) is 0 Å². The van der Waals surface area contributed by atoms with Crippen LogP contribution in [0, 0.1) is 10.5 Å². The van der Waals surface area contributed by atoms with Gasteiger partial charge in [0.2, 0.25) is 0 Å². The van der Waals surface area contributed by atoms with E-state index in [4.69, 9.17) is 9.47 Å². The lowest BCUT2D eigenvalue weighted by atomic mass is 10.2. The van der Waals surface area contributed by atoms with Crippen LogP contribution in [0.3, 0.4) is 0 Å². The molecule has 2 aromatic rings. The molecular formula is C19H17IN2O3S. The van der Waals surface area contributed by atoms with Crippen LogP contribution in [-0.2, 0) is 4.79 Å². The summed E-state index contributed by atoms with van der Waals surface area (Å²) in [6.07, 6.45) is 1.82. The molecule has 0 aliphatic carbocycles. The molecule has 0 unspecified atom stereocenters. The molecule has 0 radical (unpaired) electrons. The summed E-state index contributed by atoms with van der Waals surface area (Å²) >= 11 is 3.50. The molecule has 26 heavy (non-hydrogen) atoms. The Bertz CT molecular complexity index is 908. The number of methoxy groups -OCH3 is 2. The number of nitrogens with zero attached hydrogens (tertiary/aromatic N) is 1. The van der Waals surface area contributed by atoms with Gasteiger partial charge in [0.25, 0.3) is 5.91 Å². The fourth-order valence-corrected chi connectivity index (χ4v) is 4.08. The van der Waals surface area contributed by atoms with E-state index in [-0.39, 0.29) is 5.91 Å². The standard InChI is InChI=1S/C19H17IN2O3S/c1-11-4-6-13(7-5-11)21-19-22-18(23)16(26-19)10-12-8-14(20)17(25-3)15(9-12)24-2/h4-10H,1-3H3,(H,21,22,23). The second-order valence-corrected chi connectivity index (χ2v) is 7.75. The topological polar surface area (TPSA) is 59.9 Å². The van der Waals surface area contributed by atoms with Crippen molar-refractivity contribution < 1.29 is 14.3 Å². The van der Waals surface area contributed by atoms with Gasteiger partial charge in [-0.3, -0.25) is 4.79 Å². The Kier molecular flexibility index (Phi) is 5.87. The number of nitrogens with one attached hydrogen (secondary N) is 1. The van der Waals surface area contributed by atoms with Crippen molar-refractivity contribution in [1.82, 2.24) is 5.32 Å². The van der Waals surface area contributed by atoms with Gasteiger partial charge >= 0.3 is 0 Å². The summed E-state index contributed by atoms with van der Waals surface area (Å²) in [5, 5.41) is 3.37. The largest absolute Gasteiger partial charge is 0.493 e. The number of aryl methyl sites for hydroxylation is 1. The zero-order valence-corrected chi connectivity index (χ0v) is 17.5. The minimum absolute atomic E-state index is 0.161. The van der Waals surface area contributed by atoms with Gasteiger partial charge in [-0.1, -0.05) is 17.7 Å². The first-order chi connectivity index (χ1) is 12.5. The van der Waals surface area contributed by atoms with Crippen LogP contribution in [0.25, 0.3) is 6.08 Å². The van der Waals surface area contributed by atoms with Gasteiger partial charge in [0.05, 0.1) is 28.4 Å². The average Bonchev–Trinajstić information content (AvgIpc) is 2.95. The highest BCUT2D eigenvalue weighted by molar-refractivity contribution is 14.1. The Morgan fingerprint density at radius 1 is 1.15 bits per heavy atom. The summed E-state index contributed by atoms with van der Waals surface area (Å²) in [7, 11) is 3.19. The molecule has 134 valence electrons. The van der Waals surface area contributed by atoms with Crippen LogP contribution in [0.1, 0.15) is 11.1 Å². The van der Waals surface area contributed by atoms with Crippen LogP contribution in [0.15, 0.2) is 46.3 Å². The molecule has 0 saturated carbocycles. The number of amides is 1. The molecule has 1 aliphatic rings. The Balaban J connectivity index is 1.87. The third-order valence-corrected chi connectivity index (χ3v) is 5.38. The molecule has 1 aliphatic heterocycles. The van der Waals surface area contributed by atoms with Crippen molar-refractivity contribution in [3.05, 3.63) is 56.0 Å². The highest BCUT2D eigenvalue weighted by Gasteiger charge is 2.24. The van der Waals surface area contributed by atoms with E-state index in [0.717, 1.165) is 14.8 Å². The molecule has 2 aromatic carbocycles. The number of rotatable bonds is 4. The first-order valence-electron chi connectivity index (χ1n) is 7.78. The van der Waals surface area contributed by atoms with Crippen LogP contribution in [0.4, 0.5) is 5.69 Å². The maximum absolute atomic E-state index is 12.3. The number of hydrogen-bond donors (Lipinski definition) is 1. The van der Waals surface area contributed by atoms with Gasteiger partial charge in [0, 0.05) is 0 Å². The lowest BCUT2D eigenvalue weighted by molar-refractivity contribution is -0.115. The predicted octanol–water partition coefficient (Wildman–Crippen LogP) is 4.51. The fraction of sp³-hybridized carbons (Fsp3) is 0.158. The first kappa shape index (κ1) is 18.8. The highest BCUT2D eigenvalue weighted by atomic mass is 127. The van der Waals surface area contributed by atoms with Crippen molar-refractivity contribution in [2.24, 2.45) is 4.99 Å². The molecule has 1 N–H and O–H groups in total. The monoisotopic (exact) mass is 480 g/mol. The maximum atomic E-state index is 12.3. The highest BCUT2D eigenvalue weighted by Crippen LogP contribution is 2.35. The molecule has 0 bridgehead atoms. The number of aliphatic imine (C=N–C) groups is 1. The Labute approximate surface area is 170 Å². The smallest absolute Gasteiger partial charge is 0.264 e. The van der Waals surface area contributed by atoms with E-state index in [1.54, 1.807) is 14.2 Å². The lowest BCUT2D eigenvalue weighted by Gasteiger charge is -2.10. The van der Waals surface area contributed by atoms with E-state index < -0.39 is 0 Å². The van der Waals surface area contributed by atoms with Crippen molar-refractivity contribution >= 4 is 57.2 Å². The maximum Gasteiger partial charge on any atom is 0.264 e. The van der Waals surface area contributed by atoms with Crippen LogP contribution in [0.5, 0.6) is 11.5 Å². The van der Waals surface area contributed by atoms with Crippen LogP contribution >= 0.6 is 34.4 Å². The van der Waals surface area contributed by atoms with E-state index in [0.29, 0.717) is 21.6 Å². The second-order valence-electron chi connectivity index (χ2n) is 5.56.